The van der Waals surface area contributed by atoms with Gasteiger partial charge in [0.1, 0.15) is 0 Å². The summed E-state index contributed by atoms with van der Waals surface area (Å²) in [7, 11) is 0. The second kappa shape index (κ2) is 8.57. The predicted molar refractivity (Wildman–Crippen MR) is 108 cm³/mol. The van der Waals surface area contributed by atoms with E-state index in [0.717, 1.165) is 58.6 Å². The minimum absolute atomic E-state index is 0.210. The molecule has 3 aliphatic heterocycles. The maximum Gasteiger partial charge on any atom is 0.223 e. The molecule has 3 aliphatic rings. The minimum atomic E-state index is 0.210. The van der Waals surface area contributed by atoms with Crippen molar-refractivity contribution in [1.29, 1.82) is 0 Å². The van der Waals surface area contributed by atoms with E-state index < -0.39 is 0 Å². The van der Waals surface area contributed by atoms with Gasteiger partial charge in [0.15, 0.2) is 0 Å². The van der Waals surface area contributed by atoms with Gasteiger partial charge in [-0.3, -0.25) is 4.79 Å². The molecule has 1 spiro atoms. The zero-order chi connectivity index (χ0) is 18.5. The second-order valence-electron chi connectivity index (χ2n) is 8.55. The zero-order valence-electron chi connectivity index (χ0n) is 16.3. The molecule has 3 saturated heterocycles. The molecule has 146 valence electrons. The van der Waals surface area contributed by atoms with Gasteiger partial charge in [-0.2, -0.15) is 0 Å². The summed E-state index contributed by atoms with van der Waals surface area (Å²) in [6.07, 6.45) is 11.4. The lowest BCUT2D eigenvalue weighted by Crippen LogP contribution is -2.45. The summed E-state index contributed by atoms with van der Waals surface area (Å²) in [4.78, 5) is 17.2. The van der Waals surface area contributed by atoms with Gasteiger partial charge in [0.2, 0.25) is 5.91 Å². The van der Waals surface area contributed by atoms with E-state index in [2.05, 4.69) is 34.1 Å². The molecule has 0 radical (unpaired) electrons. The molecule has 0 unspecified atom stereocenters. The number of piperidine rings is 1. The number of rotatable bonds is 5. The third-order valence-corrected chi connectivity index (χ3v) is 6.49. The van der Waals surface area contributed by atoms with Crippen LogP contribution < -0.4 is 0 Å². The Morgan fingerprint density at radius 1 is 1.15 bits per heavy atom. The highest BCUT2D eigenvalue weighted by atomic mass is 16.5. The first kappa shape index (κ1) is 18.7. The van der Waals surface area contributed by atoms with E-state index in [0.29, 0.717) is 12.0 Å². The lowest BCUT2D eigenvalue weighted by molar-refractivity contribution is -0.127. The quantitative estimate of drug-likeness (QED) is 0.796. The molecule has 4 heteroatoms. The highest BCUT2D eigenvalue weighted by molar-refractivity contribution is 5.79. The number of ether oxygens (including phenoxy) is 1. The van der Waals surface area contributed by atoms with E-state index in [1.807, 2.05) is 18.2 Å². The highest BCUT2D eigenvalue weighted by Crippen LogP contribution is 2.41. The fraction of sp³-hybridized carbons (Fsp3) is 0.609. The van der Waals surface area contributed by atoms with Gasteiger partial charge in [-0.05, 0) is 56.2 Å². The van der Waals surface area contributed by atoms with Crippen molar-refractivity contribution in [3.05, 3.63) is 42.0 Å². The van der Waals surface area contributed by atoms with Gasteiger partial charge >= 0.3 is 0 Å². The third kappa shape index (κ3) is 4.80. The number of carbonyl (C=O) groups excluding carboxylic acids is 1. The number of nitrogens with zero attached hydrogens (tertiary/aromatic N) is 2. The number of hydrogen-bond donors (Lipinski definition) is 0. The Morgan fingerprint density at radius 2 is 1.96 bits per heavy atom. The maximum atomic E-state index is 12.5. The Balaban J connectivity index is 1.25. The summed E-state index contributed by atoms with van der Waals surface area (Å²) in [6, 6.07) is 10.3. The van der Waals surface area contributed by atoms with Crippen LogP contribution in [0.1, 0.15) is 44.1 Å². The van der Waals surface area contributed by atoms with Gasteiger partial charge in [0, 0.05) is 32.7 Å². The van der Waals surface area contributed by atoms with Gasteiger partial charge < -0.3 is 14.5 Å². The Kier molecular flexibility index (Phi) is 5.94. The van der Waals surface area contributed by atoms with Gasteiger partial charge in [0.05, 0.1) is 6.10 Å². The topological polar surface area (TPSA) is 32.8 Å². The van der Waals surface area contributed by atoms with Gasteiger partial charge in [-0.1, -0.05) is 42.5 Å². The van der Waals surface area contributed by atoms with Crippen LogP contribution >= 0.6 is 0 Å². The summed E-state index contributed by atoms with van der Waals surface area (Å²) in [5, 5.41) is 0. The zero-order valence-corrected chi connectivity index (χ0v) is 16.3. The summed E-state index contributed by atoms with van der Waals surface area (Å²) >= 11 is 0. The van der Waals surface area contributed by atoms with Crippen molar-refractivity contribution < 1.29 is 9.53 Å². The van der Waals surface area contributed by atoms with E-state index in [-0.39, 0.29) is 5.41 Å². The van der Waals surface area contributed by atoms with Crippen LogP contribution in [0.25, 0.3) is 6.08 Å². The van der Waals surface area contributed by atoms with Crippen molar-refractivity contribution in [3.8, 4) is 0 Å². The second-order valence-corrected chi connectivity index (χ2v) is 8.55. The molecular weight excluding hydrogens is 336 g/mol. The predicted octanol–water partition coefficient (Wildman–Crippen LogP) is 3.58. The van der Waals surface area contributed by atoms with Crippen molar-refractivity contribution in [2.24, 2.45) is 5.41 Å². The van der Waals surface area contributed by atoms with Crippen molar-refractivity contribution in [2.75, 3.05) is 39.3 Å². The number of hydrogen-bond acceptors (Lipinski definition) is 3. The number of likely N-dealkylation sites (tertiary alicyclic amines) is 2. The van der Waals surface area contributed by atoms with Crippen LogP contribution in [0.2, 0.25) is 0 Å². The van der Waals surface area contributed by atoms with Crippen LogP contribution in [-0.2, 0) is 9.53 Å². The normalized spacial score (nSPS) is 26.3. The van der Waals surface area contributed by atoms with Crippen molar-refractivity contribution in [2.45, 2.75) is 44.6 Å². The summed E-state index contributed by atoms with van der Waals surface area (Å²) in [6.45, 7) is 5.89. The molecule has 4 nitrogen and oxygen atoms in total. The fourth-order valence-corrected chi connectivity index (χ4v) is 4.81. The smallest absolute Gasteiger partial charge is 0.223 e. The molecule has 3 fully saturated rings. The van der Waals surface area contributed by atoms with E-state index >= 15 is 0 Å². The van der Waals surface area contributed by atoms with Crippen LogP contribution in [0.3, 0.4) is 0 Å². The van der Waals surface area contributed by atoms with E-state index in [1.54, 1.807) is 0 Å². The van der Waals surface area contributed by atoms with Gasteiger partial charge in [0.25, 0.3) is 0 Å². The summed E-state index contributed by atoms with van der Waals surface area (Å²) < 4.78 is 5.90. The first-order valence-corrected chi connectivity index (χ1v) is 10.6. The van der Waals surface area contributed by atoms with E-state index in [1.165, 1.54) is 24.8 Å². The standard InChI is InChI=1S/C23H32N2O2/c26-22-17-23(19-25(22)13-6-9-20-7-2-1-3-8-20)11-14-24(15-12-23)18-21-10-4-5-16-27-21/h1-3,6-9,21H,4-5,10-19H2/b9-6+/t21-/m1/s1. The molecular formula is C23H32N2O2. The molecule has 27 heavy (non-hydrogen) atoms. The molecule has 0 aromatic heterocycles. The SMILES string of the molecule is O=C1CC2(CCN(C[C@H]3CCCCO3)CC2)CN1C/C=C/c1ccccc1. The molecule has 0 N–H and O–H groups in total. The van der Waals surface area contributed by atoms with Crippen molar-refractivity contribution >= 4 is 12.0 Å². The first-order valence-electron chi connectivity index (χ1n) is 10.6. The lowest BCUT2D eigenvalue weighted by atomic mass is 9.77. The molecule has 0 saturated carbocycles. The molecule has 0 aliphatic carbocycles. The lowest BCUT2D eigenvalue weighted by Gasteiger charge is -2.40. The molecule has 1 atom stereocenters. The van der Waals surface area contributed by atoms with Crippen LogP contribution in [0.15, 0.2) is 36.4 Å². The van der Waals surface area contributed by atoms with Gasteiger partial charge in [-0.25, -0.2) is 0 Å². The molecule has 1 amide bonds. The number of amides is 1. The fourth-order valence-electron chi connectivity index (χ4n) is 4.81. The van der Waals surface area contributed by atoms with Crippen molar-refractivity contribution in [3.63, 3.8) is 0 Å². The van der Waals surface area contributed by atoms with Crippen LogP contribution in [-0.4, -0.2) is 61.1 Å². The molecule has 4 rings (SSSR count). The average molecular weight is 369 g/mol. The maximum absolute atomic E-state index is 12.5. The van der Waals surface area contributed by atoms with Gasteiger partial charge in [-0.15, -0.1) is 0 Å². The Hall–Kier alpha value is -1.65. The Morgan fingerprint density at radius 3 is 2.70 bits per heavy atom. The Labute approximate surface area is 163 Å². The average Bonchev–Trinajstić information content (AvgIpc) is 3.01. The van der Waals surface area contributed by atoms with Crippen molar-refractivity contribution in [1.82, 2.24) is 9.80 Å². The first-order chi connectivity index (χ1) is 13.2. The molecule has 0 bridgehead atoms. The van der Waals surface area contributed by atoms with E-state index in [9.17, 15) is 4.79 Å². The number of benzene rings is 1. The molecule has 3 heterocycles. The largest absolute Gasteiger partial charge is 0.377 e. The van der Waals surface area contributed by atoms with Crippen LogP contribution in [0.5, 0.6) is 0 Å². The summed E-state index contributed by atoms with van der Waals surface area (Å²) in [5.41, 5.74) is 1.40. The highest BCUT2D eigenvalue weighted by Gasteiger charge is 2.44. The van der Waals surface area contributed by atoms with Crippen LogP contribution in [0.4, 0.5) is 0 Å². The molecule has 1 aromatic rings. The number of carbonyl (C=O) groups is 1. The van der Waals surface area contributed by atoms with Crippen LogP contribution in [0, 0.1) is 5.41 Å². The Bertz CT molecular complexity index is 644. The minimum Gasteiger partial charge on any atom is -0.377 e. The third-order valence-electron chi connectivity index (χ3n) is 6.49. The van der Waals surface area contributed by atoms with E-state index in [4.69, 9.17) is 4.74 Å². The molecule has 1 aromatic carbocycles. The monoisotopic (exact) mass is 368 g/mol. The summed E-state index contributed by atoms with van der Waals surface area (Å²) in [5.74, 6) is 0.330.